The first-order valence-electron chi connectivity index (χ1n) is 10.9. The molecule has 1 N–H and O–H groups in total. The monoisotopic (exact) mass is 512 g/mol. The van der Waals surface area contributed by atoms with E-state index in [4.69, 9.17) is 0 Å². The average Bonchev–Trinajstić information content (AvgIpc) is 3.28. The van der Waals surface area contributed by atoms with Gasteiger partial charge in [0.25, 0.3) is 11.5 Å². The second kappa shape index (κ2) is 10.1. The second-order valence-corrected chi connectivity index (χ2v) is 9.00. The Balaban J connectivity index is 1.81. The lowest BCUT2D eigenvalue weighted by Gasteiger charge is -2.18. The Bertz CT molecular complexity index is 1470. The van der Waals surface area contributed by atoms with E-state index in [9.17, 15) is 22.8 Å². The topological polar surface area (TPSA) is 68.9 Å². The van der Waals surface area contributed by atoms with Crippen molar-refractivity contribution in [3.63, 3.8) is 0 Å². The number of aryl methyl sites for hydroxylation is 1. The molecule has 0 radical (unpaired) electrons. The Morgan fingerprint density at radius 1 is 1.08 bits per heavy atom. The van der Waals surface area contributed by atoms with Crippen LogP contribution in [0.15, 0.2) is 76.6 Å². The summed E-state index contributed by atoms with van der Waals surface area (Å²) in [6, 6.07) is 15.3. The number of nitrogens with one attached hydrogen (secondary N) is 1. The lowest BCUT2D eigenvalue weighted by molar-refractivity contribution is -0.137. The van der Waals surface area contributed by atoms with Crippen molar-refractivity contribution in [2.24, 2.45) is 7.05 Å². The number of benzene rings is 2. The minimum atomic E-state index is -4.58. The summed E-state index contributed by atoms with van der Waals surface area (Å²) in [4.78, 5) is 27.7. The first-order valence-corrected chi connectivity index (χ1v) is 12.2. The summed E-state index contributed by atoms with van der Waals surface area (Å²) in [6.45, 7) is 1.81. The fourth-order valence-electron chi connectivity index (χ4n) is 3.92. The number of hydrogen-bond acceptors (Lipinski definition) is 4. The van der Waals surface area contributed by atoms with E-state index in [1.807, 2.05) is 30.5 Å². The van der Waals surface area contributed by atoms with E-state index in [1.54, 1.807) is 42.7 Å². The fourth-order valence-corrected chi connectivity index (χ4v) is 4.33. The molecule has 0 atom stereocenters. The molecule has 186 valence electrons. The molecule has 0 aliphatic heterocycles. The van der Waals surface area contributed by atoms with Crippen molar-refractivity contribution in [1.82, 2.24) is 19.7 Å². The highest BCUT2D eigenvalue weighted by Crippen LogP contribution is 2.31. The molecule has 0 unspecified atom stereocenters. The van der Waals surface area contributed by atoms with Gasteiger partial charge in [-0.15, -0.1) is 11.8 Å². The number of thioether (sulfide) groups is 1. The molecule has 10 heteroatoms. The molecular weight excluding hydrogens is 489 g/mol. The van der Waals surface area contributed by atoms with E-state index in [1.165, 1.54) is 18.2 Å². The molecule has 4 rings (SSSR count). The number of alkyl halides is 3. The zero-order valence-corrected chi connectivity index (χ0v) is 20.6. The fraction of sp³-hybridized carbons (Fsp3) is 0.192. The molecular formula is C26H23F3N4O2S. The first kappa shape index (κ1) is 25.3. The zero-order chi connectivity index (χ0) is 26.0. The van der Waals surface area contributed by atoms with Gasteiger partial charge in [0.2, 0.25) is 0 Å². The van der Waals surface area contributed by atoms with Crippen molar-refractivity contribution in [2.75, 3.05) is 6.26 Å². The first-order chi connectivity index (χ1) is 17.1. The number of rotatable bonds is 6. The van der Waals surface area contributed by atoms with Gasteiger partial charge in [0.05, 0.1) is 11.3 Å². The summed E-state index contributed by atoms with van der Waals surface area (Å²) in [5.41, 5.74) is 0.555. The standard InChI is InChI=1S/C26H23F3N4O2S/c1-16-21(23-11-12-31-32(23)2)14-22(24(34)30-15-17-7-9-20(36-3)10-8-17)25(35)33(16)19-6-4-5-18(13-19)26(27,28)29/h4-14H,15H2,1-3H3,(H,30,34). The van der Waals surface area contributed by atoms with Gasteiger partial charge in [-0.3, -0.25) is 18.8 Å². The molecule has 4 aromatic rings. The highest BCUT2D eigenvalue weighted by Gasteiger charge is 2.31. The number of halogens is 3. The van der Waals surface area contributed by atoms with Gasteiger partial charge in [-0.05, 0) is 61.2 Å². The summed E-state index contributed by atoms with van der Waals surface area (Å²) in [5, 5.41) is 6.90. The highest BCUT2D eigenvalue weighted by molar-refractivity contribution is 7.98. The summed E-state index contributed by atoms with van der Waals surface area (Å²) >= 11 is 1.60. The number of carbonyl (C=O) groups is 1. The van der Waals surface area contributed by atoms with E-state index >= 15 is 0 Å². The van der Waals surface area contributed by atoms with Crippen LogP contribution in [0.4, 0.5) is 13.2 Å². The normalized spacial score (nSPS) is 11.5. The maximum atomic E-state index is 13.5. The Labute approximate surface area is 209 Å². The van der Waals surface area contributed by atoms with Gasteiger partial charge in [-0.25, -0.2) is 0 Å². The smallest absolute Gasteiger partial charge is 0.348 e. The van der Waals surface area contributed by atoms with Crippen LogP contribution in [0.3, 0.4) is 0 Å². The van der Waals surface area contributed by atoms with E-state index in [-0.39, 0.29) is 17.8 Å². The van der Waals surface area contributed by atoms with Crippen molar-refractivity contribution in [1.29, 1.82) is 0 Å². The van der Waals surface area contributed by atoms with Crippen molar-refractivity contribution in [3.05, 3.63) is 99.6 Å². The Hall–Kier alpha value is -3.79. The number of pyridine rings is 1. The molecule has 0 fully saturated rings. The van der Waals surface area contributed by atoms with Crippen LogP contribution < -0.4 is 10.9 Å². The minimum absolute atomic E-state index is 0.0121. The maximum Gasteiger partial charge on any atom is 0.416 e. The largest absolute Gasteiger partial charge is 0.416 e. The lowest BCUT2D eigenvalue weighted by Crippen LogP contribution is -2.33. The molecule has 0 aliphatic rings. The van der Waals surface area contributed by atoms with Crippen molar-refractivity contribution in [3.8, 4) is 16.9 Å². The zero-order valence-electron chi connectivity index (χ0n) is 19.8. The molecule has 1 amide bonds. The third kappa shape index (κ3) is 5.08. The molecule has 0 bridgehead atoms. The van der Waals surface area contributed by atoms with E-state index < -0.39 is 23.2 Å². The van der Waals surface area contributed by atoms with Crippen molar-refractivity contribution < 1.29 is 18.0 Å². The Morgan fingerprint density at radius 2 is 1.81 bits per heavy atom. The molecule has 0 saturated heterocycles. The summed E-state index contributed by atoms with van der Waals surface area (Å²) in [6.07, 6.45) is -1.06. The van der Waals surface area contributed by atoms with Gasteiger partial charge in [-0.1, -0.05) is 18.2 Å². The molecule has 2 aromatic heterocycles. The van der Waals surface area contributed by atoms with Crippen LogP contribution in [-0.2, 0) is 19.8 Å². The van der Waals surface area contributed by atoms with Gasteiger partial charge in [0, 0.05) is 41.6 Å². The second-order valence-electron chi connectivity index (χ2n) is 8.12. The molecule has 2 aromatic carbocycles. The number of nitrogens with zero attached hydrogens (tertiary/aromatic N) is 3. The van der Waals surface area contributed by atoms with Crippen LogP contribution in [0.5, 0.6) is 0 Å². The third-order valence-electron chi connectivity index (χ3n) is 5.83. The number of carbonyl (C=O) groups excluding carboxylic acids is 1. The van der Waals surface area contributed by atoms with Gasteiger partial charge in [-0.2, -0.15) is 18.3 Å². The SMILES string of the molecule is CSc1ccc(CNC(=O)c2cc(-c3ccnn3C)c(C)n(-c3cccc(C(F)(F)F)c3)c2=O)cc1. The van der Waals surface area contributed by atoms with Crippen molar-refractivity contribution >= 4 is 17.7 Å². The van der Waals surface area contributed by atoms with Crippen LogP contribution in [0.25, 0.3) is 16.9 Å². The summed E-state index contributed by atoms with van der Waals surface area (Å²) in [5.74, 6) is -0.627. The van der Waals surface area contributed by atoms with Gasteiger partial charge in [0.1, 0.15) is 5.56 Å². The number of aromatic nitrogens is 3. The molecule has 36 heavy (non-hydrogen) atoms. The van der Waals surface area contributed by atoms with Gasteiger partial charge < -0.3 is 5.32 Å². The van der Waals surface area contributed by atoms with Crippen LogP contribution in [0, 0.1) is 6.92 Å². The van der Waals surface area contributed by atoms with E-state index in [2.05, 4.69) is 10.4 Å². The summed E-state index contributed by atoms with van der Waals surface area (Å²) < 4.78 is 42.9. The van der Waals surface area contributed by atoms with Crippen LogP contribution in [0.1, 0.15) is 27.2 Å². The van der Waals surface area contributed by atoms with Crippen molar-refractivity contribution in [2.45, 2.75) is 24.5 Å². The predicted molar refractivity (Wildman–Crippen MR) is 133 cm³/mol. The Morgan fingerprint density at radius 3 is 2.42 bits per heavy atom. The lowest BCUT2D eigenvalue weighted by atomic mass is 10.1. The molecule has 0 spiro atoms. The molecule has 0 aliphatic carbocycles. The molecule has 6 nitrogen and oxygen atoms in total. The van der Waals surface area contributed by atoms with Crippen LogP contribution in [0.2, 0.25) is 0 Å². The molecule has 2 heterocycles. The van der Waals surface area contributed by atoms with Crippen LogP contribution in [-0.4, -0.2) is 26.5 Å². The van der Waals surface area contributed by atoms with Crippen LogP contribution >= 0.6 is 11.8 Å². The highest BCUT2D eigenvalue weighted by atomic mass is 32.2. The quantitative estimate of drug-likeness (QED) is 0.360. The van der Waals surface area contributed by atoms with E-state index in [0.29, 0.717) is 17.0 Å². The van der Waals surface area contributed by atoms with E-state index in [0.717, 1.165) is 27.2 Å². The summed E-state index contributed by atoms with van der Waals surface area (Å²) in [7, 11) is 1.70. The number of hydrogen-bond donors (Lipinski definition) is 1. The van der Waals surface area contributed by atoms with Gasteiger partial charge >= 0.3 is 6.18 Å². The third-order valence-corrected chi connectivity index (χ3v) is 6.58. The number of amides is 1. The maximum absolute atomic E-state index is 13.5. The minimum Gasteiger partial charge on any atom is -0.348 e. The molecule has 0 saturated carbocycles. The average molecular weight is 513 g/mol. The predicted octanol–water partition coefficient (Wildman–Crippen LogP) is 5.22. The van der Waals surface area contributed by atoms with Gasteiger partial charge in [0.15, 0.2) is 0 Å². The Kier molecular flexibility index (Phi) is 7.07.